The molecular formula is C12H11ClN6. The van der Waals surface area contributed by atoms with Gasteiger partial charge >= 0.3 is 0 Å². The van der Waals surface area contributed by atoms with Crippen LogP contribution in [0.2, 0.25) is 5.28 Å². The molecule has 0 aliphatic heterocycles. The van der Waals surface area contributed by atoms with E-state index in [9.17, 15) is 0 Å². The monoisotopic (exact) mass is 274 g/mol. The SMILES string of the molecule is Cc1cc2c(NCc3ccncn3)nc(Cl)nc2[nH]1. The van der Waals surface area contributed by atoms with Crippen LogP contribution in [0, 0.1) is 6.92 Å². The largest absolute Gasteiger partial charge is 0.364 e. The lowest BCUT2D eigenvalue weighted by Gasteiger charge is -2.06. The molecule has 0 saturated heterocycles. The lowest BCUT2D eigenvalue weighted by atomic mass is 10.3. The third-order valence-corrected chi connectivity index (χ3v) is 2.84. The van der Waals surface area contributed by atoms with Gasteiger partial charge in [-0.1, -0.05) is 0 Å². The van der Waals surface area contributed by atoms with Crippen LogP contribution in [0.25, 0.3) is 11.0 Å². The summed E-state index contributed by atoms with van der Waals surface area (Å²) in [6.45, 7) is 2.51. The van der Waals surface area contributed by atoms with Crippen molar-refractivity contribution in [1.82, 2.24) is 24.9 Å². The van der Waals surface area contributed by atoms with Crippen molar-refractivity contribution in [2.24, 2.45) is 0 Å². The van der Waals surface area contributed by atoms with Crippen molar-refractivity contribution in [3.8, 4) is 0 Å². The molecule has 2 N–H and O–H groups in total. The molecule has 0 aliphatic carbocycles. The van der Waals surface area contributed by atoms with E-state index in [1.54, 1.807) is 6.20 Å². The highest BCUT2D eigenvalue weighted by atomic mass is 35.5. The van der Waals surface area contributed by atoms with Crippen molar-refractivity contribution in [3.05, 3.63) is 41.3 Å². The maximum atomic E-state index is 5.91. The van der Waals surface area contributed by atoms with Gasteiger partial charge in [-0.05, 0) is 30.7 Å². The highest BCUT2D eigenvalue weighted by Crippen LogP contribution is 2.23. The topological polar surface area (TPSA) is 79.4 Å². The summed E-state index contributed by atoms with van der Waals surface area (Å²) in [6.07, 6.45) is 3.22. The Morgan fingerprint density at radius 2 is 2.26 bits per heavy atom. The number of nitrogens with zero attached hydrogens (tertiary/aromatic N) is 4. The van der Waals surface area contributed by atoms with E-state index in [0.717, 1.165) is 22.4 Å². The Hall–Kier alpha value is -2.21. The van der Waals surface area contributed by atoms with Gasteiger partial charge in [0, 0.05) is 11.9 Å². The van der Waals surface area contributed by atoms with E-state index in [1.807, 2.05) is 19.1 Å². The third-order valence-electron chi connectivity index (χ3n) is 2.67. The molecule has 0 spiro atoms. The summed E-state index contributed by atoms with van der Waals surface area (Å²) in [4.78, 5) is 19.5. The molecule has 19 heavy (non-hydrogen) atoms. The van der Waals surface area contributed by atoms with Crippen LogP contribution in [0.1, 0.15) is 11.4 Å². The number of hydrogen-bond donors (Lipinski definition) is 2. The van der Waals surface area contributed by atoms with Crippen LogP contribution in [0.5, 0.6) is 0 Å². The first-order valence-electron chi connectivity index (χ1n) is 5.74. The van der Waals surface area contributed by atoms with Gasteiger partial charge in [0.2, 0.25) is 5.28 Å². The van der Waals surface area contributed by atoms with Gasteiger partial charge in [0.05, 0.1) is 17.6 Å². The predicted octanol–water partition coefficient (Wildman–Crippen LogP) is 2.32. The van der Waals surface area contributed by atoms with Gasteiger partial charge in [-0.15, -0.1) is 0 Å². The number of halogens is 1. The second-order valence-corrected chi connectivity index (χ2v) is 4.45. The Morgan fingerprint density at radius 1 is 1.37 bits per heavy atom. The average molecular weight is 275 g/mol. The predicted molar refractivity (Wildman–Crippen MR) is 73.0 cm³/mol. The van der Waals surface area contributed by atoms with E-state index < -0.39 is 0 Å². The fourth-order valence-electron chi connectivity index (χ4n) is 1.85. The zero-order chi connectivity index (χ0) is 13.2. The molecule has 0 bridgehead atoms. The van der Waals surface area contributed by atoms with E-state index in [2.05, 4.69) is 30.2 Å². The highest BCUT2D eigenvalue weighted by molar-refractivity contribution is 6.28. The number of aromatic amines is 1. The Balaban J connectivity index is 1.92. The number of aryl methyl sites for hydroxylation is 1. The second-order valence-electron chi connectivity index (χ2n) is 4.11. The van der Waals surface area contributed by atoms with Crippen molar-refractivity contribution in [3.63, 3.8) is 0 Å². The zero-order valence-electron chi connectivity index (χ0n) is 10.2. The summed E-state index contributed by atoms with van der Waals surface area (Å²) < 4.78 is 0. The Morgan fingerprint density at radius 3 is 3.05 bits per heavy atom. The van der Waals surface area contributed by atoms with Gasteiger partial charge in [0.25, 0.3) is 0 Å². The van der Waals surface area contributed by atoms with Crippen LogP contribution in [0.4, 0.5) is 5.82 Å². The summed E-state index contributed by atoms with van der Waals surface area (Å²) in [5.74, 6) is 0.693. The molecule has 3 aromatic rings. The summed E-state index contributed by atoms with van der Waals surface area (Å²) in [6, 6.07) is 3.82. The first kappa shape index (κ1) is 11.9. The van der Waals surface area contributed by atoms with Crippen LogP contribution in [0.3, 0.4) is 0 Å². The number of nitrogens with one attached hydrogen (secondary N) is 2. The van der Waals surface area contributed by atoms with E-state index in [0.29, 0.717) is 12.4 Å². The van der Waals surface area contributed by atoms with Crippen molar-refractivity contribution in [2.45, 2.75) is 13.5 Å². The van der Waals surface area contributed by atoms with Crippen LogP contribution in [-0.2, 0) is 6.54 Å². The molecule has 0 radical (unpaired) electrons. The lowest BCUT2D eigenvalue weighted by molar-refractivity contribution is 0.996. The number of rotatable bonds is 3. The molecule has 0 aromatic carbocycles. The normalized spacial score (nSPS) is 10.8. The van der Waals surface area contributed by atoms with Crippen LogP contribution < -0.4 is 5.32 Å². The van der Waals surface area contributed by atoms with Gasteiger partial charge in [0.1, 0.15) is 17.8 Å². The zero-order valence-corrected chi connectivity index (χ0v) is 10.9. The van der Waals surface area contributed by atoms with Crippen molar-refractivity contribution in [2.75, 3.05) is 5.32 Å². The fourth-order valence-corrected chi connectivity index (χ4v) is 2.01. The molecule has 6 nitrogen and oxygen atoms in total. The molecule has 3 aromatic heterocycles. The molecule has 0 unspecified atom stereocenters. The molecule has 0 aliphatic rings. The Kier molecular flexibility index (Phi) is 3.00. The summed E-state index contributed by atoms with van der Waals surface area (Å²) in [7, 11) is 0. The Bertz CT molecular complexity index is 709. The lowest BCUT2D eigenvalue weighted by Crippen LogP contribution is -2.04. The van der Waals surface area contributed by atoms with Gasteiger partial charge < -0.3 is 10.3 Å². The molecule has 0 amide bonds. The molecule has 0 saturated carbocycles. The maximum absolute atomic E-state index is 5.91. The van der Waals surface area contributed by atoms with Gasteiger partial charge in [-0.25, -0.2) is 15.0 Å². The summed E-state index contributed by atoms with van der Waals surface area (Å²) in [5.41, 5.74) is 2.62. The van der Waals surface area contributed by atoms with Crippen molar-refractivity contribution < 1.29 is 0 Å². The maximum Gasteiger partial charge on any atom is 0.226 e. The number of anilines is 1. The van der Waals surface area contributed by atoms with Crippen LogP contribution in [-0.4, -0.2) is 24.9 Å². The summed E-state index contributed by atoms with van der Waals surface area (Å²) in [5, 5.41) is 4.33. The summed E-state index contributed by atoms with van der Waals surface area (Å²) >= 11 is 5.91. The second kappa shape index (κ2) is 4.81. The molecule has 3 rings (SSSR count). The van der Waals surface area contributed by atoms with Crippen LogP contribution >= 0.6 is 11.6 Å². The quantitative estimate of drug-likeness (QED) is 0.717. The van der Waals surface area contributed by atoms with E-state index in [1.165, 1.54) is 6.33 Å². The first-order chi connectivity index (χ1) is 9.22. The van der Waals surface area contributed by atoms with Crippen molar-refractivity contribution in [1.29, 1.82) is 0 Å². The van der Waals surface area contributed by atoms with E-state index >= 15 is 0 Å². The minimum absolute atomic E-state index is 0.208. The first-order valence-corrected chi connectivity index (χ1v) is 6.12. The average Bonchev–Trinajstić information content (AvgIpc) is 2.77. The minimum atomic E-state index is 0.208. The molecular weight excluding hydrogens is 264 g/mol. The highest BCUT2D eigenvalue weighted by Gasteiger charge is 2.09. The van der Waals surface area contributed by atoms with Gasteiger partial charge in [0.15, 0.2) is 0 Å². The molecule has 0 atom stereocenters. The Labute approximate surface area is 114 Å². The molecule has 3 heterocycles. The fraction of sp³-hybridized carbons (Fsp3) is 0.167. The number of H-pyrrole nitrogens is 1. The van der Waals surface area contributed by atoms with Crippen molar-refractivity contribution >= 4 is 28.5 Å². The number of fused-ring (bicyclic) bond motifs is 1. The van der Waals surface area contributed by atoms with Gasteiger partial charge in [-0.2, -0.15) is 4.98 Å². The molecule has 96 valence electrons. The smallest absolute Gasteiger partial charge is 0.226 e. The third kappa shape index (κ3) is 2.48. The van der Waals surface area contributed by atoms with E-state index in [4.69, 9.17) is 11.6 Å². The number of aromatic nitrogens is 5. The van der Waals surface area contributed by atoms with Gasteiger partial charge in [-0.3, -0.25) is 0 Å². The number of hydrogen-bond acceptors (Lipinski definition) is 5. The minimum Gasteiger partial charge on any atom is -0.364 e. The molecule has 7 heteroatoms. The van der Waals surface area contributed by atoms with E-state index in [-0.39, 0.29) is 5.28 Å². The van der Waals surface area contributed by atoms with Crippen LogP contribution in [0.15, 0.2) is 24.7 Å². The molecule has 0 fully saturated rings. The standard InChI is InChI=1S/C12H11ClN6/c1-7-4-9-10(18-12(13)19-11(9)17-7)15-5-8-2-3-14-6-16-8/h2-4,6H,5H2,1H3,(H2,15,17,18,19).